The van der Waals surface area contributed by atoms with Crippen LogP contribution < -0.4 is 5.32 Å². The van der Waals surface area contributed by atoms with Crippen molar-refractivity contribution in [2.45, 2.75) is 13.1 Å². The maximum Gasteiger partial charge on any atom is 0.416 e. The molecule has 0 saturated heterocycles. The van der Waals surface area contributed by atoms with Crippen LogP contribution >= 0.6 is 15.9 Å². The molecule has 0 amide bonds. The molecule has 1 heterocycles. The summed E-state index contributed by atoms with van der Waals surface area (Å²) in [6, 6.07) is 6.50. The summed E-state index contributed by atoms with van der Waals surface area (Å²) in [6.45, 7) is 1.86. The molecule has 1 aromatic heterocycles. The molecule has 1 aromatic carbocycles. The summed E-state index contributed by atoms with van der Waals surface area (Å²) in [4.78, 5) is 4.09. The van der Waals surface area contributed by atoms with Crippen LogP contribution in [0, 0.1) is 18.3 Å². The van der Waals surface area contributed by atoms with Gasteiger partial charge in [-0.3, -0.25) is 0 Å². The normalized spacial score (nSPS) is 11.0. The summed E-state index contributed by atoms with van der Waals surface area (Å²) < 4.78 is 38.6. The maximum absolute atomic E-state index is 12.6. The Labute approximate surface area is 127 Å². The lowest BCUT2D eigenvalue weighted by Gasteiger charge is -2.12. The van der Waals surface area contributed by atoms with Crippen molar-refractivity contribution in [2.24, 2.45) is 0 Å². The van der Waals surface area contributed by atoms with Crippen LogP contribution in [0.25, 0.3) is 0 Å². The van der Waals surface area contributed by atoms with Crippen molar-refractivity contribution in [3.05, 3.63) is 51.6 Å². The van der Waals surface area contributed by atoms with Crippen LogP contribution in [0.2, 0.25) is 0 Å². The van der Waals surface area contributed by atoms with Crippen molar-refractivity contribution in [3.63, 3.8) is 0 Å². The molecular weight excluding hydrogens is 347 g/mol. The first-order chi connectivity index (χ1) is 9.82. The van der Waals surface area contributed by atoms with Crippen LogP contribution in [0.4, 0.5) is 24.7 Å². The van der Waals surface area contributed by atoms with Crippen LogP contribution in [0.15, 0.2) is 34.9 Å². The van der Waals surface area contributed by atoms with Gasteiger partial charge in [0.05, 0.1) is 21.3 Å². The molecule has 0 aliphatic carbocycles. The largest absolute Gasteiger partial charge is 0.416 e. The van der Waals surface area contributed by atoms with E-state index in [-0.39, 0.29) is 11.3 Å². The lowest BCUT2D eigenvalue weighted by atomic mass is 10.1. The Morgan fingerprint density at radius 1 is 1.29 bits per heavy atom. The minimum Gasteiger partial charge on any atom is -0.338 e. The summed E-state index contributed by atoms with van der Waals surface area (Å²) >= 11 is 3.34. The van der Waals surface area contributed by atoms with Gasteiger partial charge in [-0.2, -0.15) is 18.4 Å². The number of hydrogen-bond donors (Lipinski definition) is 1. The SMILES string of the molecule is Cc1ccnc(Nc2ccc(C(F)(F)F)cc2C#N)c1Br. The first kappa shape index (κ1) is 15.3. The number of aromatic nitrogens is 1. The molecule has 3 nitrogen and oxygen atoms in total. The molecular formula is C14H9BrF3N3. The minimum atomic E-state index is -4.48. The third kappa shape index (κ3) is 3.34. The highest BCUT2D eigenvalue weighted by Gasteiger charge is 2.31. The van der Waals surface area contributed by atoms with Crippen molar-refractivity contribution in [1.29, 1.82) is 5.26 Å². The smallest absolute Gasteiger partial charge is 0.338 e. The number of rotatable bonds is 2. The second-order valence-corrected chi connectivity index (χ2v) is 5.08. The van der Waals surface area contributed by atoms with Gasteiger partial charge in [0.1, 0.15) is 11.9 Å². The fraction of sp³-hybridized carbons (Fsp3) is 0.143. The Morgan fingerprint density at radius 3 is 2.62 bits per heavy atom. The molecule has 0 radical (unpaired) electrons. The molecule has 1 N–H and O–H groups in total. The Balaban J connectivity index is 2.42. The number of anilines is 2. The molecule has 0 fully saturated rings. The molecule has 2 aromatic rings. The fourth-order valence-corrected chi connectivity index (χ4v) is 2.01. The van der Waals surface area contributed by atoms with Gasteiger partial charge in [-0.15, -0.1) is 0 Å². The third-order valence-electron chi connectivity index (χ3n) is 2.80. The highest BCUT2D eigenvalue weighted by molar-refractivity contribution is 9.10. The van der Waals surface area contributed by atoms with Crippen molar-refractivity contribution in [1.82, 2.24) is 4.98 Å². The molecule has 0 bridgehead atoms. The van der Waals surface area contributed by atoms with E-state index in [0.29, 0.717) is 10.3 Å². The monoisotopic (exact) mass is 355 g/mol. The highest BCUT2D eigenvalue weighted by atomic mass is 79.9. The Bertz CT molecular complexity index is 720. The van der Waals surface area contributed by atoms with Gasteiger partial charge in [-0.1, -0.05) is 0 Å². The van der Waals surface area contributed by atoms with Gasteiger partial charge in [0.25, 0.3) is 0 Å². The van der Waals surface area contributed by atoms with Gasteiger partial charge in [0.2, 0.25) is 0 Å². The van der Waals surface area contributed by atoms with E-state index in [1.165, 1.54) is 6.07 Å². The molecule has 0 spiro atoms. The second kappa shape index (κ2) is 5.74. The quantitative estimate of drug-likeness (QED) is 0.842. The molecule has 0 aliphatic heterocycles. The zero-order valence-corrected chi connectivity index (χ0v) is 12.4. The standard InChI is InChI=1S/C14H9BrF3N3/c1-8-4-5-20-13(12(8)15)21-11-3-2-10(14(16,17)18)6-9(11)7-19/h2-6H,1H3,(H,20,21). The van der Waals surface area contributed by atoms with Gasteiger partial charge < -0.3 is 5.32 Å². The van der Waals surface area contributed by atoms with Crippen molar-refractivity contribution in [3.8, 4) is 6.07 Å². The number of benzene rings is 1. The van der Waals surface area contributed by atoms with Crippen LogP contribution in [-0.2, 0) is 6.18 Å². The van der Waals surface area contributed by atoms with E-state index < -0.39 is 11.7 Å². The van der Waals surface area contributed by atoms with E-state index >= 15 is 0 Å². The summed E-state index contributed by atoms with van der Waals surface area (Å²) in [6.07, 6.45) is -2.91. The predicted octanol–water partition coefficient (Wildman–Crippen LogP) is 4.79. The molecule has 0 aliphatic rings. The van der Waals surface area contributed by atoms with Crippen molar-refractivity contribution < 1.29 is 13.2 Å². The lowest BCUT2D eigenvalue weighted by molar-refractivity contribution is -0.137. The first-order valence-electron chi connectivity index (χ1n) is 5.82. The molecule has 0 unspecified atom stereocenters. The second-order valence-electron chi connectivity index (χ2n) is 4.29. The summed E-state index contributed by atoms with van der Waals surface area (Å²) in [5.41, 5.74) is 0.225. The highest BCUT2D eigenvalue weighted by Crippen LogP contribution is 2.33. The molecule has 21 heavy (non-hydrogen) atoms. The average Bonchev–Trinajstić information content (AvgIpc) is 2.43. The fourth-order valence-electron chi connectivity index (χ4n) is 1.68. The van der Waals surface area contributed by atoms with Gasteiger partial charge in [-0.05, 0) is 52.7 Å². The van der Waals surface area contributed by atoms with E-state index in [1.807, 2.05) is 6.92 Å². The summed E-state index contributed by atoms with van der Waals surface area (Å²) in [5.74, 6) is 0.436. The van der Waals surface area contributed by atoms with E-state index in [1.54, 1.807) is 18.3 Å². The Morgan fingerprint density at radius 2 is 2.00 bits per heavy atom. The van der Waals surface area contributed by atoms with Gasteiger partial charge >= 0.3 is 6.18 Å². The van der Waals surface area contributed by atoms with Crippen LogP contribution in [0.1, 0.15) is 16.7 Å². The van der Waals surface area contributed by atoms with E-state index in [9.17, 15) is 13.2 Å². The van der Waals surface area contributed by atoms with Crippen LogP contribution in [0.3, 0.4) is 0 Å². The van der Waals surface area contributed by atoms with E-state index in [4.69, 9.17) is 5.26 Å². The van der Waals surface area contributed by atoms with Crippen LogP contribution in [-0.4, -0.2) is 4.98 Å². The van der Waals surface area contributed by atoms with Gasteiger partial charge in [-0.25, -0.2) is 4.98 Å². The minimum absolute atomic E-state index is 0.0972. The number of nitriles is 1. The molecule has 7 heteroatoms. The summed E-state index contributed by atoms with van der Waals surface area (Å²) in [5, 5.41) is 11.9. The Hall–Kier alpha value is -2.07. The van der Waals surface area contributed by atoms with Crippen molar-refractivity contribution in [2.75, 3.05) is 5.32 Å². The third-order valence-corrected chi connectivity index (χ3v) is 3.80. The molecule has 2 rings (SSSR count). The topological polar surface area (TPSA) is 48.7 Å². The number of aryl methyl sites for hydroxylation is 1. The number of nitrogens with one attached hydrogen (secondary N) is 1. The average molecular weight is 356 g/mol. The summed E-state index contributed by atoms with van der Waals surface area (Å²) in [7, 11) is 0. The van der Waals surface area contributed by atoms with E-state index in [0.717, 1.165) is 17.7 Å². The zero-order chi connectivity index (χ0) is 15.6. The molecule has 0 atom stereocenters. The predicted molar refractivity (Wildman–Crippen MR) is 76.1 cm³/mol. The first-order valence-corrected chi connectivity index (χ1v) is 6.61. The zero-order valence-electron chi connectivity index (χ0n) is 10.8. The number of halogens is 4. The van der Waals surface area contributed by atoms with E-state index in [2.05, 4.69) is 26.2 Å². The lowest BCUT2D eigenvalue weighted by Crippen LogP contribution is -2.06. The number of pyridine rings is 1. The van der Waals surface area contributed by atoms with Crippen LogP contribution in [0.5, 0.6) is 0 Å². The van der Waals surface area contributed by atoms with Gasteiger partial charge in [0, 0.05) is 6.20 Å². The van der Waals surface area contributed by atoms with Gasteiger partial charge in [0.15, 0.2) is 0 Å². The molecule has 108 valence electrons. The van der Waals surface area contributed by atoms with Crippen molar-refractivity contribution >= 4 is 27.4 Å². The number of hydrogen-bond acceptors (Lipinski definition) is 3. The Kier molecular flexibility index (Phi) is 4.19. The molecule has 0 saturated carbocycles. The number of alkyl halides is 3. The maximum atomic E-state index is 12.6. The number of nitrogens with zero attached hydrogens (tertiary/aromatic N) is 2.